The number of unbranched alkanes of at least 4 members (excludes halogenated alkanes) is 1. The third-order valence-corrected chi connectivity index (χ3v) is 3.40. The molecule has 3 nitrogen and oxygen atoms in total. The topological polar surface area (TPSA) is 55.1 Å². The molecule has 0 bridgehead atoms. The van der Waals surface area contributed by atoms with E-state index in [1.807, 2.05) is 6.92 Å². The largest absolute Gasteiger partial charge is 0.330 e. The number of hydrogen-bond acceptors (Lipinski definition) is 2. The van der Waals surface area contributed by atoms with Crippen LogP contribution in [0.1, 0.15) is 42.4 Å². The summed E-state index contributed by atoms with van der Waals surface area (Å²) >= 11 is 0. The number of hydrogen-bond donors (Lipinski definition) is 2. The van der Waals surface area contributed by atoms with Crippen molar-refractivity contribution in [1.82, 2.24) is 0 Å². The van der Waals surface area contributed by atoms with Crippen LogP contribution in [0.15, 0.2) is 12.1 Å². The molecule has 1 amide bonds. The van der Waals surface area contributed by atoms with Gasteiger partial charge in [0.25, 0.3) is 0 Å². The Morgan fingerprint density at radius 3 is 2.82 bits per heavy atom. The molecule has 1 aliphatic rings. The van der Waals surface area contributed by atoms with E-state index in [9.17, 15) is 4.79 Å². The minimum atomic E-state index is -0.0156. The van der Waals surface area contributed by atoms with Crippen LogP contribution in [-0.4, -0.2) is 12.5 Å². The first-order valence-electron chi connectivity index (χ1n) is 6.28. The molecule has 0 fully saturated rings. The van der Waals surface area contributed by atoms with E-state index < -0.39 is 0 Å². The standard InChI is InChI=1S/C14H20N2O/c1-9-7-11(5-3-4-6-15)13-12(8-9)10(2)14(17)16-13/h7-8,10H,3-6,15H2,1-2H3,(H,16,17). The molecule has 1 aromatic carbocycles. The number of nitrogens with one attached hydrogen (secondary N) is 1. The SMILES string of the molecule is Cc1cc(CCCCN)c2c(c1)C(C)C(=O)N2. The number of aryl methyl sites for hydroxylation is 2. The number of anilines is 1. The van der Waals surface area contributed by atoms with E-state index in [0.29, 0.717) is 0 Å². The fraction of sp³-hybridized carbons (Fsp3) is 0.500. The summed E-state index contributed by atoms with van der Waals surface area (Å²) in [5, 5.41) is 3.00. The molecule has 17 heavy (non-hydrogen) atoms. The van der Waals surface area contributed by atoms with E-state index >= 15 is 0 Å². The van der Waals surface area contributed by atoms with Gasteiger partial charge in [0.05, 0.1) is 5.92 Å². The first-order chi connectivity index (χ1) is 8.13. The second-order valence-corrected chi connectivity index (χ2v) is 4.84. The van der Waals surface area contributed by atoms with Crippen molar-refractivity contribution in [3.63, 3.8) is 0 Å². The Bertz CT molecular complexity index is 440. The normalized spacial score (nSPS) is 18.1. The Labute approximate surface area is 102 Å². The van der Waals surface area contributed by atoms with Gasteiger partial charge in [-0.1, -0.05) is 17.7 Å². The van der Waals surface area contributed by atoms with E-state index in [1.54, 1.807) is 0 Å². The molecule has 2 rings (SSSR count). The summed E-state index contributed by atoms with van der Waals surface area (Å²) in [5.74, 6) is 0.101. The molecule has 3 heteroatoms. The lowest BCUT2D eigenvalue weighted by Gasteiger charge is -2.10. The summed E-state index contributed by atoms with van der Waals surface area (Å²) in [7, 11) is 0. The summed E-state index contributed by atoms with van der Waals surface area (Å²) in [6, 6.07) is 4.29. The Balaban J connectivity index is 2.28. The van der Waals surface area contributed by atoms with Gasteiger partial charge in [0.1, 0.15) is 0 Å². The minimum absolute atomic E-state index is 0.0156. The van der Waals surface area contributed by atoms with Gasteiger partial charge < -0.3 is 11.1 Å². The van der Waals surface area contributed by atoms with Crippen LogP contribution in [0.4, 0.5) is 5.69 Å². The Kier molecular flexibility index (Phi) is 3.48. The predicted octanol–water partition coefficient (Wildman–Crippen LogP) is 2.33. The van der Waals surface area contributed by atoms with E-state index in [2.05, 4.69) is 24.4 Å². The number of benzene rings is 1. The highest BCUT2D eigenvalue weighted by atomic mass is 16.2. The molecule has 1 aromatic rings. The van der Waals surface area contributed by atoms with Crippen LogP contribution in [0, 0.1) is 6.92 Å². The van der Waals surface area contributed by atoms with Gasteiger partial charge in [-0.3, -0.25) is 4.79 Å². The van der Waals surface area contributed by atoms with Gasteiger partial charge >= 0.3 is 0 Å². The van der Waals surface area contributed by atoms with Crippen molar-refractivity contribution in [2.75, 3.05) is 11.9 Å². The zero-order valence-electron chi connectivity index (χ0n) is 10.5. The highest BCUT2D eigenvalue weighted by Crippen LogP contribution is 2.36. The molecule has 0 aromatic heterocycles. The van der Waals surface area contributed by atoms with Gasteiger partial charge in [-0.15, -0.1) is 0 Å². The van der Waals surface area contributed by atoms with Crippen LogP contribution < -0.4 is 11.1 Å². The summed E-state index contributed by atoms with van der Waals surface area (Å²) in [4.78, 5) is 11.7. The van der Waals surface area contributed by atoms with Crippen LogP contribution in [-0.2, 0) is 11.2 Å². The van der Waals surface area contributed by atoms with Crippen molar-refractivity contribution >= 4 is 11.6 Å². The Morgan fingerprint density at radius 1 is 1.35 bits per heavy atom. The van der Waals surface area contributed by atoms with Gasteiger partial charge in [-0.05, 0) is 50.8 Å². The molecular weight excluding hydrogens is 212 g/mol. The average Bonchev–Trinajstić information content (AvgIpc) is 2.57. The van der Waals surface area contributed by atoms with Crippen molar-refractivity contribution in [1.29, 1.82) is 0 Å². The van der Waals surface area contributed by atoms with Gasteiger partial charge in [0, 0.05) is 5.69 Å². The monoisotopic (exact) mass is 232 g/mol. The summed E-state index contributed by atoms with van der Waals surface area (Å²) < 4.78 is 0. The van der Waals surface area contributed by atoms with Gasteiger partial charge in [-0.25, -0.2) is 0 Å². The van der Waals surface area contributed by atoms with Crippen LogP contribution in [0.5, 0.6) is 0 Å². The summed E-state index contributed by atoms with van der Waals surface area (Å²) in [6.07, 6.45) is 3.11. The smallest absolute Gasteiger partial charge is 0.231 e. The van der Waals surface area contributed by atoms with Gasteiger partial charge in [-0.2, -0.15) is 0 Å². The van der Waals surface area contributed by atoms with Gasteiger partial charge in [0.15, 0.2) is 0 Å². The van der Waals surface area contributed by atoms with E-state index in [0.717, 1.165) is 37.1 Å². The van der Waals surface area contributed by atoms with E-state index in [1.165, 1.54) is 11.1 Å². The summed E-state index contributed by atoms with van der Waals surface area (Å²) in [5.41, 5.74) is 10.2. The van der Waals surface area contributed by atoms with Crippen molar-refractivity contribution < 1.29 is 4.79 Å². The maximum absolute atomic E-state index is 11.7. The maximum Gasteiger partial charge on any atom is 0.231 e. The molecule has 1 atom stereocenters. The van der Waals surface area contributed by atoms with Crippen LogP contribution in [0.3, 0.4) is 0 Å². The number of rotatable bonds is 4. The number of nitrogens with two attached hydrogens (primary N) is 1. The predicted molar refractivity (Wildman–Crippen MR) is 70.2 cm³/mol. The highest BCUT2D eigenvalue weighted by molar-refractivity contribution is 6.03. The lowest BCUT2D eigenvalue weighted by Crippen LogP contribution is -2.09. The van der Waals surface area contributed by atoms with Crippen molar-refractivity contribution in [3.8, 4) is 0 Å². The lowest BCUT2D eigenvalue weighted by atomic mass is 9.95. The molecule has 3 N–H and O–H groups in total. The van der Waals surface area contributed by atoms with Crippen LogP contribution >= 0.6 is 0 Å². The molecule has 0 saturated heterocycles. The number of carbonyl (C=O) groups is 1. The third kappa shape index (κ3) is 2.34. The molecule has 92 valence electrons. The van der Waals surface area contributed by atoms with Crippen molar-refractivity contribution in [2.45, 2.75) is 39.0 Å². The van der Waals surface area contributed by atoms with E-state index in [4.69, 9.17) is 5.73 Å². The molecule has 1 unspecified atom stereocenters. The third-order valence-electron chi connectivity index (χ3n) is 3.40. The minimum Gasteiger partial charge on any atom is -0.330 e. The first kappa shape index (κ1) is 12.1. The Hall–Kier alpha value is -1.35. The maximum atomic E-state index is 11.7. The fourth-order valence-corrected chi connectivity index (χ4v) is 2.42. The summed E-state index contributed by atoms with van der Waals surface area (Å²) in [6.45, 7) is 4.78. The van der Waals surface area contributed by atoms with E-state index in [-0.39, 0.29) is 11.8 Å². The van der Waals surface area contributed by atoms with Crippen molar-refractivity contribution in [2.24, 2.45) is 5.73 Å². The zero-order chi connectivity index (χ0) is 12.4. The molecule has 0 aliphatic carbocycles. The lowest BCUT2D eigenvalue weighted by molar-refractivity contribution is -0.116. The van der Waals surface area contributed by atoms with Crippen LogP contribution in [0.2, 0.25) is 0 Å². The Morgan fingerprint density at radius 2 is 2.12 bits per heavy atom. The van der Waals surface area contributed by atoms with Crippen LogP contribution in [0.25, 0.3) is 0 Å². The molecule has 0 radical (unpaired) electrons. The molecular formula is C14H20N2O. The van der Waals surface area contributed by atoms with Crippen molar-refractivity contribution in [3.05, 3.63) is 28.8 Å². The quantitative estimate of drug-likeness (QED) is 0.783. The number of amides is 1. The average molecular weight is 232 g/mol. The molecule has 1 aliphatic heterocycles. The number of carbonyl (C=O) groups excluding carboxylic acids is 1. The second-order valence-electron chi connectivity index (χ2n) is 4.84. The zero-order valence-corrected chi connectivity index (χ0v) is 10.5. The molecule has 0 saturated carbocycles. The van der Waals surface area contributed by atoms with Gasteiger partial charge in [0.2, 0.25) is 5.91 Å². The number of fused-ring (bicyclic) bond motifs is 1. The molecule has 0 spiro atoms. The first-order valence-corrected chi connectivity index (χ1v) is 6.28. The fourth-order valence-electron chi connectivity index (χ4n) is 2.42. The molecule has 1 heterocycles. The second kappa shape index (κ2) is 4.88. The highest BCUT2D eigenvalue weighted by Gasteiger charge is 2.28.